The number of sulfonamides is 1. The molecule has 2 saturated carbocycles. The van der Waals surface area contributed by atoms with E-state index in [4.69, 9.17) is 11.6 Å². The Bertz CT molecular complexity index is 1330. The molecule has 1 aromatic heterocycles. The number of halogens is 2. The zero-order valence-corrected chi connectivity index (χ0v) is 17.0. The molecule has 3 aliphatic carbocycles. The van der Waals surface area contributed by atoms with Crippen LogP contribution < -0.4 is 0 Å². The normalized spacial score (nSPS) is 33.0. The van der Waals surface area contributed by atoms with Crippen molar-refractivity contribution in [2.45, 2.75) is 42.2 Å². The number of nitrogens with zero attached hydrogens (tertiary/aromatic N) is 1. The Morgan fingerprint density at radius 2 is 1.90 bits per heavy atom. The highest BCUT2D eigenvalue weighted by molar-refractivity contribution is 7.89. The molecule has 2 aromatic carbocycles. The number of aromatic nitrogens is 1. The highest BCUT2D eigenvalue weighted by atomic mass is 35.5. The molecule has 1 N–H and O–H groups in total. The van der Waals surface area contributed by atoms with Crippen molar-refractivity contribution in [3.8, 4) is 0 Å². The Morgan fingerprint density at radius 1 is 1.14 bits per heavy atom. The predicted molar refractivity (Wildman–Crippen MR) is 108 cm³/mol. The number of aromatic amines is 1. The van der Waals surface area contributed by atoms with E-state index in [2.05, 4.69) is 4.98 Å². The largest absolute Gasteiger partial charge is 0.358 e. The molecular weight excluding hydrogens is 411 g/mol. The SMILES string of the molecule is O=S(=O)(c1ccc(Cl)cc1)N1C2c3c([nH]c4ccc(F)cc34)CC3C4(CC4)CC231. The van der Waals surface area contributed by atoms with Gasteiger partial charge in [-0.1, -0.05) is 11.6 Å². The summed E-state index contributed by atoms with van der Waals surface area (Å²) in [7, 11) is -3.66. The van der Waals surface area contributed by atoms with Gasteiger partial charge in [0.25, 0.3) is 0 Å². The van der Waals surface area contributed by atoms with Crippen LogP contribution in [-0.2, 0) is 16.4 Å². The van der Waals surface area contributed by atoms with E-state index in [0.29, 0.717) is 16.4 Å². The molecule has 1 saturated heterocycles. The first-order valence-corrected chi connectivity index (χ1v) is 11.8. The molecule has 148 valence electrons. The van der Waals surface area contributed by atoms with E-state index in [1.165, 1.54) is 25.0 Å². The Hall–Kier alpha value is -1.89. The van der Waals surface area contributed by atoms with Crippen molar-refractivity contribution in [2.75, 3.05) is 0 Å². The number of fused-ring (bicyclic) bond motifs is 5. The van der Waals surface area contributed by atoms with Gasteiger partial charge in [-0.25, -0.2) is 12.8 Å². The summed E-state index contributed by atoms with van der Waals surface area (Å²) < 4.78 is 43.0. The number of hydrogen-bond acceptors (Lipinski definition) is 2. The van der Waals surface area contributed by atoms with Crippen molar-refractivity contribution in [3.63, 3.8) is 0 Å². The predicted octanol–water partition coefficient (Wildman–Crippen LogP) is 4.80. The van der Waals surface area contributed by atoms with E-state index in [9.17, 15) is 12.8 Å². The molecule has 4 atom stereocenters. The van der Waals surface area contributed by atoms with Crippen molar-refractivity contribution in [1.29, 1.82) is 0 Å². The lowest BCUT2D eigenvalue weighted by Gasteiger charge is -2.49. The van der Waals surface area contributed by atoms with Crippen molar-refractivity contribution in [1.82, 2.24) is 9.29 Å². The van der Waals surface area contributed by atoms with Crippen LogP contribution in [0.1, 0.15) is 36.6 Å². The van der Waals surface area contributed by atoms with Gasteiger partial charge < -0.3 is 4.98 Å². The average Bonchev–Trinajstić information content (AvgIpc) is 3.58. The van der Waals surface area contributed by atoms with Crippen LogP contribution in [0.3, 0.4) is 0 Å². The maximum absolute atomic E-state index is 14.0. The number of hydrogen-bond donors (Lipinski definition) is 1. The van der Waals surface area contributed by atoms with E-state index in [1.807, 2.05) is 0 Å². The van der Waals surface area contributed by atoms with Crippen molar-refractivity contribution in [2.24, 2.45) is 11.3 Å². The third-order valence-corrected chi connectivity index (χ3v) is 10.0. The maximum atomic E-state index is 14.0. The van der Waals surface area contributed by atoms with E-state index >= 15 is 0 Å². The van der Waals surface area contributed by atoms with Crippen LogP contribution in [0.15, 0.2) is 47.4 Å². The second kappa shape index (κ2) is 4.88. The van der Waals surface area contributed by atoms with E-state index in [0.717, 1.165) is 35.0 Å². The molecule has 4 nitrogen and oxygen atoms in total. The summed E-state index contributed by atoms with van der Waals surface area (Å²) in [4.78, 5) is 3.73. The zero-order valence-electron chi connectivity index (χ0n) is 15.5. The van der Waals surface area contributed by atoms with Gasteiger partial charge in [-0.3, -0.25) is 0 Å². The highest BCUT2D eigenvalue weighted by Crippen LogP contribution is 2.83. The summed E-state index contributed by atoms with van der Waals surface area (Å²) in [5.41, 5.74) is 2.90. The summed E-state index contributed by atoms with van der Waals surface area (Å²) in [5.74, 6) is 0.0444. The molecule has 4 aliphatic rings. The quantitative estimate of drug-likeness (QED) is 0.596. The summed E-state index contributed by atoms with van der Waals surface area (Å²) in [6, 6.07) is 10.9. The summed E-state index contributed by atoms with van der Waals surface area (Å²) in [6.07, 6.45) is 4.13. The van der Waals surface area contributed by atoms with Gasteiger partial charge in [-0.2, -0.15) is 4.31 Å². The van der Waals surface area contributed by atoms with Crippen LogP contribution in [-0.4, -0.2) is 23.2 Å². The number of nitrogens with one attached hydrogen (secondary N) is 1. The number of H-pyrrole nitrogens is 1. The molecule has 2 spiro atoms. The summed E-state index contributed by atoms with van der Waals surface area (Å²) in [5, 5.41) is 1.33. The molecule has 0 radical (unpaired) electrons. The maximum Gasteiger partial charge on any atom is 0.244 e. The molecule has 29 heavy (non-hydrogen) atoms. The highest BCUT2D eigenvalue weighted by Gasteiger charge is 2.86. The Morgan fingerprint density at radius 3 is 2.62 bits per heavy atom. The van der Waals surface area contributed by atoms with Crippen LogP contribution in [0.25, 0.3) is 10.9 Å². The summed E-state index contributed by atoms with van der Waals surface area (Å²) >= 11 is 5.97. The first-order valence-electron chi connectivity index (χ1n) is 9.97. The van der Waals surface area contributed by atoms with Gasteiger partial charge in [0, 0.05) is 27.2 Å². The molecule has 1 aliphatic heterocycles. The molecule has 7 heteroatoms. The second-order valence-corrected chi connectivity index (χ2v) is 11.4. The van der Waals surface area contributed by atoms with Crippen LogP contribution in [0.2, 0.25) is 5.02 Å². The van der Waals surface area contributed by atoms with Gasteiger partial charge in [0.1, 0.15) is 5.82 Å². The topological polar surface area (TPSA) is 52.9 Å². The molecule has 4 unspecified atom stereocenters. The van der Waals surface area contributed by atoms with Crippen LogP contribution in [0.4, 0.5) is 4.39 Å². The second-order valence-electron chi connectivity index (χ2n) is 9.15. The Kier molecular flexibility index (Phi) is 2.83. The fourth-order valence-corrected chi connectivity index (χ4v) is 8.59. The van der Waals surface area contributed by atoms with E-state index in [1.54, 1.807) is 34.6 Å². The first kappa shape index (κ1) is 16.9. The average molecular weight is 429 g/mol. The fraction of sp³-hybridized carbons (Fsp3) is 0.364. The first-order chi connectivity index (χ1) is 13.9. The minimum atomic E-state index is -3.66. The van der Waals surface area contributed by atoms with Crippen LogP contribution >= 0.6 is 11.6 Å². The van der Waals surface area contributed by atoms with Gasteiger partial charge in [-0.05, 0) is 79.5 Å². The minimum absolute atomic E-state index is 0.210. The molecule has 0 amide bonds. The minimum Gasteiger partial charge on any atom is -0.358 e. The number of benzene rings is 2. The molecule has 0 bridgehead atoms. The molecule has 3 fully saturated rings. The summed E-state index contributed by atoms with van der Waals surface area (Å²) in [6.45, 7) is 0. The van der Waals surface area contributed by atoms with Crippen molar-refractivity contribution in [3.05, 3.63) is 64.6 Å². The third kappa shape index (κ3) is 1.87. The Labute approximate surface area is 172 Å². The lowest BCUT2D eigenvalue weighted by Crippen LogP contribution is -2.52. The lowest BCUT2D eigenvalue weighted by molar-refractivity contribution is 0.0550. The third-order valence-electron chi connectivity index (χ3n) is 7.86. The van der Waals surface area contributed by atoms with Gasteiger partial charge in [0.2, 0.25) is 10.0 Å². The molecule has 7 rings (SSSR count). The van der Waals surface area contributed by atoms with Gasteiger partial charge in [0.15, 0.2) is 0 Å². The van der Waals surface area contributed by atoms with Gasteiger partial charge in [0.05, 0.1) is 16.5 Å². The smallest absolute Gasteiger partial charge is 0.244 e. The van der Waals surface area contributed by atoms with E-state index < -0.39 is 10.0 Å². The molecule has 2 heterocycles. The van der Waals surface area contributed by atoms with Crippen LogP contribution in [0.5, 0.6) is 0 Å². The molecule has 3 aromatic rings. The Balaban J connectivity index is 1.43. The fourth-order valence-electron chi connectivity index (χ4n) is 6.50. The van der Waals surface area contributed by atoms with Gasteiger partial charge in [-0.15, -0.1) is 0 Å². The van der Waals surface area contributed by atoms with Crippen LogP contribution in [0, 0.1) is 17.2 Å². The van der Waals surface area contributed by atoms with Crippen molar-refractivity contribution < 1.29 is 12.8 Å². The standard InChI is InChI=1S/C22H18ClFN2O2S/c23-12-1-4-14(5-2-12)29(27,28)26-20-19-15-9-13(24)3-6-16(15)25-17(19)10-18-21(7-8-21)11-22(18,20)26/h1-6,9,18,20,25H,7-8,10-11H2. The monoisotopic (exact) mass is 428 g/mol. The number of rotatable bonds is 2. The zero-order chi connectivity index (χ0) is 19.8. The van der Waals surface area contributed by atoms with E-state index in [-0.39, 0.29) is 22.3 Å². The lowest BCUT2D eigenvalue weighted by atomic mass is 9.55. The van der Waals surface area contributed by atoms with Gasteiger partial charge >= 0.3 is 0 Å². The molecular formula is C22H18ClFN2O2S. The van der Waals surface area contributed by atoms with Crippen molar-refractivity contribution >= 4 is 32.5 Å².